The minimum Gasteiger partial charge on any atom is -0.410 e. The lowest BCUT2D eigenvalue weighted by Crippen LogP contribution is -2.40. The largest absolute Gasteiger partial charge is 0.415 e. The molecule has 4 nitrogen and oxygen atoms in total. The lowest BCUT2D eigenvalue weighted by Gasteiger charge is -2.34. The first-order valence-electron chi connectivity index (χ1n) is 10.1. The zero-order chi connectivity index (χ0) is 20.8. The molecule has 0 bridgehead atoms. The summed E-state index contributed by atoms with van der Waals surface area (Å²) in [6.07, 6.45) is 5.65. The van der Waals surface area contributed by atoms with Crippen LogP contribution in [0, 0.1) is 0 Å². The van der Waals surface area contributed by atoms with Crippen molar-refractivity contribution < 1.29 is 9.53 Å². The summed E-state index contributed by atoms with van der Waals surface area (Å²) in [5.41, 5.74) is 2.68. The molecule has 1 aliphatic rings. The van der Waals surface area contributed by atoms with E-state index in [-0.39, 0.29) is 12.1 Å². The molecule has 29 heavy (non-hydrogen) atoms. The number of halogens is 1. The molecule has 0 spiro atoms. The molecule has 3 rings (SSSR count). The van der Waals surface area contributed by atoms with Crippen molar-refractivity contribution in [3.8, 4) is 5.75 Å². The van der Waals surface area contributed by atoms with E-state index < -0.39 is 0 Å². The normalized spacial score (nSPS) is 18.7. The van der Waals surface area contributed by atoms with E-state index in [0.29, 0.717) is 16.7 Å². The molecule has 0 atom stereocenters. The van der Waals surface area contributed by atoms with Gasteiger partial charge in [-0.15, -0.1) is 0 Å². The van der Waals surface area contributed by atoms with Crippen LogP contribution >= 0.6 is 11.6 Å². The fourth-order valence-electron chi connectivity index (χ4n) is 3.87. The SMILES string of the molecule is C=CN(C)Cc1ccc(C2CCC(N(C)C(=O)Oc3ccc(Cl)cc3)CC2)cc1. The Bertz CT molecular complexity index is 812. The van der Waals surface area contributed by atoms with E-state index in [2.05, 4.69) is 35.7 Å². The van der Waals surface area contributed by atoms with Gasteiger partial charge in [0.15, 0.2) is 0 Å². The zero-order valence-corrected chi connectivity index (χ0v) is 17.9. The molecule has 0 saturated heterocycles. The Morgan fingerprint density at radius 2 is 1.69 bits per heavy atom. The zero-order valence-electron chi connectivity index (χ0n) is 17.2. The molecule has 0 unspecified atom stereocenters. The highest BCUT2D eigenvalue weighted by Gasteiger charge is 2.28. The van der Waals surface area contributed by atoms with Crippen molar-refractivity contribution in [3.63, 3.8) is 0 Å². The molecule has 1 aliphatic carbocycles. The Hall–Kier alpha value is -2.46. The van der Waals surface area contributed by atoms with E-state index in [1.54, 1.807) is 29.2 Å². The third-order valence-electron chi connectivity index (χ3n) is 5.75. The van der Waals surface area contributed by atoms with Crippen molar-refractivity contribution in [2.24, 2.45) is 0 Å². The van der Waals surface area contributed by atoms with Crippen LogP contribution in [0.25, 0.3) is 0 Å². The van der Waals surface area contributed by atoms with Gasteiger partial charge in [-0.3, -0.25) is 0 Å². The van der Waals surface area contributed by atoms with Crippen molar-refractivity contribution in [2.45, 2.75) is 44.2 Å². The maximum absolute atomic E-state index is 12.5. The van der Waals surface area contributed by atoms with Crippen molar-refractivity contribution >= 4 is 17.7 Å². The first kappa shape index (κ1) is 21.3. The van der Waals surface area contributed by atoms with Crippen LogP contribution in [0.15, 0.2) is 61.3 Å². The second-order valence-corrected chi connectivity index (χ2v) is 8.21. The molecule has 1 saturated carbocycles. The summed E-state index contributed by atoms with van der Waals surface area (Å²) in [6.45, 7) is 4.66. The summed E-state index contributed by atoms with van der Waals surface area (Å²) in [5.74, 6) is 1.07. The number of amides is 1. The van der Waals surface area contributed by atoms with Crippen LogP contribution < -0.4 is 4.74 Å². The third-order valence-corrected chi connectivity index (χ3v) is 6.00. The molecule has 5 heteroatoms. The Morgan fingerprint density at radius 3 is 2.28 bits per heavy atom. The van der Waals surface area contributed by atoms with Crippen molar-refractivity contribution in [1.82, 2.24) is 9.80 Å². The minimum atomic E-state index is -0.313. The molecule has 1 fully saturated rings. The van der Waals surface area contributed by atoms with Gasteiger partial charge in [-0.05, 0) is 73.2 Å². The Labute approximate surface area is 178 Å². The summed E-state index contributed by atoms with van der Waals surface area (Å²) >= 11 is 5.88. The predicted octanol–water partition coefficient (Wildman–Crippen LogP) is 6.07. The standard InChI is InChI=1S/C24H29ClN2O2/c1-4-26(2)17-18-5-7-19(8-6-18)20-9-13-22(14-10-20)27(3)24(28)29-23-15-11-21(25)12-16-23/h4-8,11-12,15-16,20,22H,1,9-10,13-14,17H2,2-3H3. The van der Waals surface area contributed by atoms with E-state index in [0.717, 1.165) is 32.2 Å². The number of carbonyl (C=O) groups is 1. The number of ether oxygens (including phenoxy) is 1. The van der Waals surface area contributed by atoms with Gasteiger partial charge in [-0.2, -0.15) is 0 Å². The van der Waals surface area contributed by atoms with E-state index >= 15 is 0 Å². The maximum atomic E-state index is 12.5. The molecule has 0 N–H and O–H groups in total. The van der Waals surface area contributed by atoms with Gasteiger partial charge in [-0.1, -0.05) is 42.4 Å². The lowest BCUT2D eigenvalue weighted by molar-refractivity contribution is 0.130. The lowest BCUT2D eigenvalue weighted by atomic mass is 9.81. The van der Waals surface area contributed by atoms with E-state index in [1.165, 1.54) is 11.1 Å². The third kappa shape index (κ3) is 5.77. The Morgan fingerprint density at radius 1 is 1.07 bits per heavy atom. The van der Waals surface area contributed by atoms with Gasteiger partial charge in [0.1, 0.15) is 5.75 Å². The molecule has 0 aliphatic heterocycles. The van der Waals surface area contributed by atoms with Crippen LogP contribution in [-0.2, 0) is 6.54 Å². The number of rotatable bonds is 6. The fraction of sp³-hybridized carbons (Fsp3) is 0.375. The van der Waals surface area contributed by atoms with Crippen LogP contribution in [-0.4, -0.2) is 36.0 Å². The molecule has 0 aromatic heterocycles. The number of hydrogen-bond acceptors (Lipinski definition) is 3. The smallest absolute Gasteiger partial charge is 0.410 e. The van der Waals surface area contributed by atoms with Crippen molar-refractivity contribution in [3.05, 3.63) is 77.5 Å². The molecule has 2 aromatic carbocycles. The Kier molecular flexibility index (Phi) is 7.21. The second-order valence-electron chi connectivity index (χ2n) is 7.78. The second kappa shape index (κ2) is 9.84. The van der Waals surface area contributed by atoms with Crippen LogP contribution in [0.5, 0.6) is 5.75 Å². The van der Waals surface area contributed by atoms with Crippen molar-refractivity contribution in [1.29, 1.82) is 0 Å². The molecular formula is C24H29ClN2O2. The summed E-state index contributed by atoms with van der Waals surface area (Å²) in [4.78, 5) is 16.3. The average Bonchev–Trinajstić information content (AvgIpc) is 2.75. The molecule has 1 amide bonds. The molecule has 2 aromatic rings. The molecule has 154 valence electrons. The average molecular weight is 413 g/mol. The van der Waals surface area contributed by atoms with Gasteiger partial charge in [0.2, 0.25) is 0 Å². The van der Waals surface area contributed by atoms with Gasteiger partial charge in [0.05, 0.1) is 0 Å². The number of nitrogens with zero attached hydrogens (tertiary/aromatic N) is 2. The highest BCUT2D eigenvalue weighted by Crippen LogP contribution is 2.35. The van der Waals surface area contributed by atoms with Gasteiger partial charge in [-0.25, -0.2) is 4.79 Å². The van der Waals surface area contributed by atoms with E-state index in [1.807, 2.05) is 20.3 Å². The number of carbonyl (C=O) groups excluding carboxylic acids is 1. The van der Waals surface area contributed by atoms with Gasteiger partial charge in [0.25, 0.3) is 0 Å². The summed E-state index contributed by atoms with van der Waals surface area (Å²) < 4.78 is 5.47. The van der Waals surface area contributed by atoms with E-state index in [4.69, 9.17) is 16.3 Å². The highest BCUT2D eigenvalue weighted by molar-refractivity contribution is 6.30. The summed E-state index contributed by atoms with van der Waals surface area (Å²) in [7, 11) is 3.85. The van der Waals surface area contributed by atoms with Crippen molar-refractivity contribution in [2.75, 3.05) is 14.1 Å². The van der Waals surface area contributed by atoms with Crippen LogP contribution in [0.2, 0.25) is 5.02 Å². The summed E-state index contributed by atoms with van der Waals surface area (Å²) in [5, 5.41) is 0.622. The Balaban J connectivity index is 1.50. The number of hydrogen-bond donors (Lipinski definition) is 0. The summed E-state index contributed by atoms with van der Waals surface area (Å²) in [6, 6.07) is 16.0. The van der Waals surface area contributed by atoms with Gasteiger partial charge >= 0.3 is 6.09 Å². The van der Waals surface area contributed by atoms with Crippen LogP contribution in [0.4, 0.5) is 4.79 Å². The van der Waals surface area contributed by atoms with Gasteiger partial charge in [0, 0.05) is 31.7 Å². The first-order chi connectivity index (χ1) is 14.0. The number of benzene rings is 2. The van der Waals surface area contributed by atoms with E-state index in [9.17, 15) is 4.79 Å². The molecule has 0 heterocycles. The maximum Gasteiger partial charge on any atom is 0.415 e. The van der Waals surface area contributed by atoms with Crippen LogP contribution in [0.1, 0.15) is 42.7 Å². The molecule has 0 radical (unpaired) electrons. The first-order valence-corrected chi connectivity index (χ1v) is 10.5. The topological polar surface area (TPSA) is 32.8 Å². The van der Waals surface area contributed by atoms with Gasteiger partial charge < -0.3 is 14.5 Å². The van der Waals surface area contributed by atoms with Crippen LogP contribution in [0.3, 0.4) is 0 Å². The highest BCUT2D eigenvalue weighted by atomic mass is 35.5. The quantitative estimate of drug-likeness (QED) is 0.577. The minimum absolute atomic E-state index is 0.214. The fourth-order valence-corrected chi connectivity index (χ4v) is 3.99. The molecular weight excluding hydrogens is 384 g/mol. The predicted molar refractivity (Wildman–Crippen MR) is 118 cm³/mol. The monoisotopic (exact) mass is 412 g/mol.